The van der Waals surface area contributed by atoms with Gasteiger partial charge in [-0.1, -0.05) is 13.3 Å². The minimum absolute atomic E-state index is 0.0162. The van der Waals surface area contributed by atoms with Gasteiger partial charge in [-0.2, -0.15) is 0 Å². The van der Waals surface area contributed by atoms with Crippen LogP contribution in [-0.4, -0.2) is 37.6 Å². The maximum Gasteiger partial charge on any atom is 0.237 e. The minimum atomic E-state index is -3.34. The largest absolute Gasteiger partial charge is 0.323 e. The number of nitrogens with zero attached hydrogens (tertiary/aromatic N) is 1. The molecule has 2 rings (SSSR count). The summed E-state index contributed by atoms with van der Waals surface area (Å²) >= 11 is 1.52. The van der Waals surface area contributed by atoms with Crippen molar-refractivity contribution in [2.75, 3.05) is 27.7 Å². The van der Waals surface area contributed by atoms with Gasteiger partial charge in [-0.05, 0) is 43.7 Å². The molecule has 0 unspecified atom stereocenters. The number of carbonyl (C=O) groups excluding carboxylic acids is 1. The molecule has 1 amide bonds. The smallest absolute Gasteiger partial charge is 0.237 e. The van der Waals surface area contributed by atoms with Crippen LogP contribution in [0, 0.1) is 5.82 Å². The van der Waals surface area contributed by atoms with Gasteiger partial charge in [-0.15, -0.1) is 11.8 Å². The van der Waals surface area contributed by atoms with Gasteiger partial charge >= 0.3 is 0 Å². The van der Waals surface area contributed by atoms with E-state index in [1.165, 1.54) is 34.3 Å². The number of amides is 1. The topological polar surface area (TPSA) is 66.5 Å². The van der Waals surface area contributed by atoms with Gasteiger partial charge in [-0.25, -0.2) is 12.8 Å². The van der Waals surface area contributed by atoms with Crippen LogP contribution in [0.25, 0.3) is 0 Å². The Balaban J connectivity index is 2.10. The lowest BCUT2D eigenvalue weighted by Gasteiger charge is -2.19. The van der Waals surface area contributed by atoms with E-state index in [4.69, 9.17) is 0 Å². The van der Waals surface area contributed by atoms with Crippen molar-refractivity contribution in [3.8, 4) is 0 Å². The Morgan fingerprint density at radius 2 is 2.21 bits per heavy atom. The van der Waals surface area contributed by atoms with E-state index in [0.717, 1.165) is 18.6 Å². The third-order valence-corrected chi connectivity index (χ3v) is 6.94. The highest BCUT2D eigenvalue weighted by Gasteiger charge is 2.29. The second-order valence-corrected chi connectivity index (χ2v) is 9.22. The number of unbranched alkanes of at least 4 members (excludes halogenated alkanes) is 1. The number of carbonyl (C=O) groups is 1. The second kappa shape index (κ2) is 8.20. The molecule has 0 radical (unpaired) electrons. The molecule has 134 valence electrons. The summed E-state index contributed by atoms with van der Waals surface area (Å²) in [6.45, 7) is 4.24. The van der Waals surface area contributed by atoms with Crippen LogP contribution >= 0.6 is 11.8 Å². The van der Waals surface area contributed by atoms with Crippen molar-refractivity contribution in [3.63, 3.8) is 0 Å². The molecule has 1 N–H and O–H groups in total. The average molecular weight is 375 g/mol. The number of hydrogen-bond donors (Lipinski definition) is 1. The van der Waals surface area contributed by atoms with Crippen LogP contribution in [0.3, 0.4) is 0 Å². The molecule has 1 aliphatic heterocycles. The highest BCUT2D eigenvalue weighted by atomic mass is 32.2. The number of hydrogen-bond acceptors (Lipinski definition) is 4. The number of thioether (sulfide) groups is 1. The summed E-state index contributed by atoms with van der Waals surface area (Å²) < 4.78 is 39.2. The quantitative estimate of drug-likeness (QED) is 0.744. The van der Waals surface area contributed by atoms with Crippen molar-refractivity contribution in [1.82, 2.24) is 0 Å². The van der Waals surface area contributed by atoms with Crippen molar-refractivity contribution in [3.05, 3.63) is 24.0 Å². The monoisotopic (exact) mass is 374 g/mol. The van der Waals surface area contributed by atoms with E-state index in [9.17, 15) is 17.6 Å². The van der Waals surface area contributed by atoms with E-state index in [1.54, 1.807) is 6.92 Å². The molecule has 5 nitrogen and oxygen atoms in total. The van der Waals surface area contributed by atoms with Gasteiger partial charge in [0.1, 0.15) is 5.82 Å². The molecule has 24 heavy (non-hydrogen) atoms. The molecule has 0 aromatic heterocycles. The Bertz CT molecular complexity index is 695. The fourth-order valence-electron chi connectivity index (χ4n) is 2.41. The molecule has 1 aromatic rings. The molecule has 0 spiro atoms. The normalized spacial score (nSPS) is 17.7. The highest BCUT2D eigenvalue weighted by Crippen LogP contribution is 2.28. The van der Waals surface area contributed by atoms with Crippen LogP contribution in [0.2, 0.25) is 0 Å². The summed E-state index contributed by atoms with van der Waals surface area (Å²) in [5.41, 5.74) is 0.401. The van der Waals surface area contributed by atoms with Crippen LogP contribution in [0.4, 0.5) is 15.8 Å². The van der Waals surface area contributed by atoms with E-state index in [2.05, 4.69) is 12.2 Å². The number of anilines is 2. The van der Waals surface area contributed by atoms with Crippen molar-refractivity contribution in [2.45, 2.75) is 38.4 Å². The van der Waals surface area contributed by atoms with Crippen molar-refractivity contribution in [1.29, 1.82) is 0 Å². The molecule has 1 heterocycles. The SMILES string of the molecule is CCCCS[C@@H](C)C(=O)Nc1cc(N2CCCS2(=O)=O)ccc1F. The molecular formula is C16H23FN2O3S2. The van der Waals surface area contributed by atoms with Crippen LogP contribution in [0.1, 0.15) is 33.1 Å². The Morgan fingerprint density at radius 3 is 2.83 bits per heavy atom. The van der Waals surface area contributed by atoms with E-state index >= 15 is 0 Å². The van der Waals surface area contributed by atoms with Gasteiger partial charge in [-0.3, -0.25) is 9.10 Å². The van der Waals surface area contributed by atoms with Crippen LogP contribution in [-0.2, 0) is 14.8 Å². The van der Waals surface area contributed by atoms with E-state index in [-0.39, 0.29) is 22.6 Å². The number of benzene rings is 1. The molecule has 0 bridgehead atoms. The Kier molecular flexibility index (Phi) is 6.51. The summed E-state index contributed by atoms with van der Waals surface area (Å²) in [5, 5.41) is 2.28. The third kappa shape index (κ3) is 4.63. The van der Waals surface area contributed by atoms with Gasteiger partial charge in [0.25, 0.3) is 0 Å². The minimum Gasteiger partial charge on any atom is -0.323 e. The van der Waals surface area contributed by atoms with Gasteiger partial charge < -0.3 is 5.32 Å². The molecule has 0 aliphatic carbocycles. The standard InChI is InChI=1S/C16H23FN2O3S2/c1-3-4-9-23-12(2)16(20)18-15-11-13(6-7-14(15)17)19-8-5-10-24(19,21)22/h6-7,11-12H,3-5,8-10H2,1-2H3,(H,18,20)/t12-/m0/s1. The molecule has 1 aromatic carbocycles. The van der Waals surface area contributed by atoms with Crippen molar-refractivity contribution >= 4 is 39.1 Å². The third-order valence-electron chi connectivity index (χ3n) is 3.83. The van der Waals surface area contributed by atoms with E-state index in [0.29, 0.717) is 18.7 Å². The summed E-state index contributed by atoms with van der Waals surface area (Å²) in [7, 11) is -3.34. The van der Waals surface area contributed by atoms with Gasteiger partial charge in [0.05, 0.1) is 22.4 Å². The van der Waals surface area contributed by atoms with Crippen LogP contribution in [0.15, 0.2) is 18.2 Å². The van der Waals surface area contributed by atoms with Crippen molar-refractivity contribution < 1.29 is 17.6 Å². The lowest BCUT2D eigenvalue weighted by molar-refractivity contribution is -0.115. The van der Waals surface area contributed by atoms with E-state index < -0.39 is 15.8 Å². The molecule has 0 saturated carbocycles. The maximum absolute atomic E-state index is 14.0. The second-order valence-electron chi connectivity index (χ2n) is 5.76. The summed E-state index contributed by atoms with van der Waals surface area (Å²) in [5.74, 6) is 0.113. The summed E-state index contributed by atoms with van der Waals surface area (Å²) in [4.78, 5) is 12.2. The number of rotatable bonds is 7. The molecule has 8 heteroatoms. The lowest BCUT2D eigenvalue weighted by atomic mass is 10.2. The first-order chi connectivity index (χ1) is 11.3. The Labute approximate surface area is 147 Å². The molecule has 1 fully saturated rings. The van der Waals surface area contributed by atoms with Crippen molar-refractivity contribution in [2.24, 2.45) is 0 Å². The Hall–Kier alpha value is -1.28. The summed E-state index contributed by atoms with van der Waals surface area (Å²) in [6, 6.07) is 4.00. The van der Waals surface area contributed by atoms with Crippen LogP contribution in [0.5, 0.6) is 0 Å². The zero-order valence-electron chi connectivity index (χ0n) is 13.9. The average Bonchev–Trinajstić information content (AvgIpc) is 2.89. The van der Waals surface area contributed by atoms with Gasteiger partial charge in [0, 0.05) is 6.54 Å². The molecule has 1 aliphatic rings. The maximum atomic E-state index is 14.0. The molecule has 1 atom stereocenters. The predicted molar refractivity (Wildman–Crippen MR) is 97.6 cm³/mol. The first kappa shape index (κ1) is 19.1. The van der Waals surface area contributed by atoms with Gasteiger partial charge in [0.2, 0.25) is 15.9 Å². The fourth-order valence-corrected chi connectivity index (χ4v) is 4.98. The molecule has 1 saturated heterocycles. The predicted octanol–water partition coefficient (Wildman–Crippen LogP) is 3.23. The zero-order valence-corrected chi connectivity index (χ0v) is 15.6. The number of halogens is 1. The first-order valence-corrected chi connectivity index (χ1v) is 10.7. The fraction of sp³-hybridized carbons (Fsp3) is 0.562. The van der Waals surface area contributed by atoms with E-state index in [1.807, 2.05) is 0 Å². The highest BCUT2D eigenvalue weighted by molar-refractivity contribution is 8.00. The number of nitrogens with one attached hydrogen (secondary N) is 1. The van der Waals surface area contributed by atoms with Gasteiger partial charge in [0.15, 0.2) is 0 Å². The molecular weight excluding hydrogens is 351 g/mol. The Morgan fingerprint density at radius 1 is 1.46 bits per heavy atom. The lowest BCUT2D eigenvalue weighted by Crippen LogP contribution is -2.26. The first-order valence-electron chi connectivity index (χ1n) is 8.07. The summed E-state index contributed by atoms with van der Waals surface area (Å²) in [6.07, 6.45) is 2.63. The van der Waals surface area contributed by atoms with Crippen LogP contribution < -0.4 is 9.62 Å². The number of sulfonamides is 1. The zero-order chi connectivity index (χ0) is 17.7.